The molecule has 2 fully saturated rings. The molecular weight excluding hydrogens is 276 g/mol. The van der Waals surface area contributed by atoms with E-state index in [9.17, 15) is 9.90 Å². The zero-order valence-electron chi connectivity index (χ0n) is 11.4. The summed E-state index contributed by atoms with van der Waals surface area (Å²) in [7, 11) is 0. The number of aliphatic carboxylic acids is 1. The molecule has 3 unspecified atom stereocenters. The largest absolute Gasteiger partial charge is 0.549 e. The Morgan fingerprint density at radius 3 is 2.85 bits per heavy atom. The first kappa shape index (κ1) is 14.2. The molecule has 1 saturated carbocycles. The molecule has 4 atom stereocenters. The van der Waals surface area contributed by atoms with E-state index in [1.165, 1.54) is 18.2 Å². The summed E-state index contributed by atoms with van der Waals surface area (Å²) in [6, 6.07) is 0.166. The predicted molar refractivity (Wildman–Crippen MR) is 75.6 cm³/mol. The summed E-state index contributed by atoms with van der Waals surface area (Å²) < 4.78 is 0. The van der Waals surface area contributed by atoms with Gasteiger partial charge in [0, 0.05) is 5.25 Å². The number of carbonyl (C=O) groups excluding carboxylic acids is 1. The van der Waals surface area contributed by atoms with Gasteiger partial charge in [0.25, 0.3) is 0 Å². The Morgan fingerprint density at radius 1 is 1.30 bits per heavy atom. The maximum atomic E-state index is 11.5. The molecule has 2 aliphatic heterocycles. The second kappa shape index (κ2) is 6.32. The summed E-state index contributed by atoms with van der Waals surface area (Å²) in [4.78, 5) is 14.8. The predicted octanol–water partition coefficient (Wildman–Crippen LogP) is -2.70. The van der Waals surface area contributed by atoms with E-state index >= 15 is 0 Å². The summed E-state index contributed by atoms with van der Waals surface area (Å²) in [5.41, 5.74) is 0. The van der Waals surface area contributed by atoms with Crippen molar-refractivity contribution in [2.75, 3.05) is 6.67 Å². The van der Waals surface area contributed by atoms with Crippen molar-refractivity contribution in [3.05, 3.63) is 0 Å². The lowest BCUT2D eigenvalue weighted by atomic mass is 9.87. The van der Waals surface area contributed by atoms with Crippen LogP contribution in [0.2, 0.25) is 0 Å². The number of hydrogen-bond acceptors (Lipinski definition) is 6. The van der Waals surface area contributed by atoms with E-state index in [2.05, 4.69) is 20.9 Å². The first-order valence-electron chi connectivity index (χ1n) is 7.42. The number of rotatable bonds is 4. The van der Waals surface area contributed by atoms with Crippen LogP contribution >= 0.6 is 11.8 Å². The fourth-order valence-corrected chi connectivity index (χ4v) is 4.87. The molecule has 1 saturated heterocycles. The Morgan fingerprint density at radius 2 is 2.10 bits per heavy atom. The molecule has 2 heterocycles. The highest BCUT2D eigenvalue weighted by Gasteiger charge is 2.42. The SMILES string of the molecule is O=C([O-])[C@@H](SC1NCNC2[NH+]=CNC21)C1CCCCC1. The molecule has 1 aliphatic carbocycles. The number of carbonyl (C=O) groups is 1. The number of carboxylic acids is 1. The molecule has 0 bridgehead atoms. The smallest absolute Gasteiger partial charge is 0.231 e. The lowest BCUT2D eigenvalue weighted by Gasteiger charge is -2.36. The summed E-state index contributed by atoms with van der Waals surface area (Å²) in [5, 5.41) is 21.1. The second-order valence-corrected chi connectivity index (χ2v) is 7.05. The molecule has 0 radical (unpaired) electrons. The van der Waals surface area contributed by atoms with Gasteiger partial charge in [-0.05, 0) is 18.8 Å². The minimum absolute atomic E-state index is 0.0809. The minimum atomic E-state index is -0.909. The van der Waals surface area contributed by atoms with Crippen LogP contribution in [0.4, 0.5) is 0 Å². The average molecular weight is 298 g/mol. The molecule has 4 N–H and O–H groups in total. The van der Waals surface area contributed by atoms with Gasteiger partial charge in [-0.15, -0.1) is 11.8 Å². The fraction of sp³-hybridized carbons (Fsp3) is 0.846. The lowest BCUT2D eigenvalue weighted by molar-refractivity contribution is -0.501. The quantitative estimate of drug-likeness (QED) is 0.452. The molecular formula is C13H22N4O2S. The van der Waals surface area contributed by atoms with Crippen LogP contribution in [0.25, 0.3) is 0 Å². The topological polar surface area (TPSA) is 90.2 Å². The Labute approximate surface area is 123 Å². The van der Waals surface area contributed by atoms with Crippen LogP contribution in [0, 0.1) is 5.92 Å². The highest BCUT2D eigenvalue weighted by atomic mass is 32.2. The van der Waals surface area contributed by atoms with E-state index in [0.29, 0.717) is 6.67 Å². The van der Waals surface area contributed by atoms with Crippen LogP contribution in [-0.2, 0) is 4.79 Å². The molecule has 112 valence electrons. The Bertz CT molecular complexity index is 387. The monoisotopic (exact) mass is 298 g/mol. The molecule has 3 rings (SSSR count). The molecule has 3 aliphatic rings. The standard InChI is InChI=1S/C13H22N4O2S/c18-13(19)10(8-4-2-1-3-5-8)20-12-9-11(15-6-14-9)16-7-17-12/h6,8-12,16-17H,1-5,7H2,(H,14,15)(H,18,19)/t9?,10-,11?,12?/m0/s1. The number of fused-ring (bicyclic) bond motifs is 1. The summed E-state index contributed by atoms with van der Waals surface area (Å²) in [5.74, 6) is -0.652. The Kier molecular flexibility index (Phi) is 4.48. The van der Waals surface area contributed by atoms with Gasteiger partial charge in [-0.3, -0.25) is 20.9 Å². The van der Waals surface area contributed by atoms with Gasteiger partial charge in [-0.2, -0.15) is 0 Å². The summed E-state index contributed by atoms with van der Waals surface area (Å²) >= 11 is 1.52. The van der Waals surface area contributed by atoms with Gasteiger partial charge in [-0.25, -0.2) is 0 Å². The molecule has 0 aromatic heterocycles. The van der Waals surface area contributed by atoms with E-state index in [0.717, 1.165) is 25.7 Å². The molecule has 6 nitrogen and oxygen atoms in total. The third kappa shape index (κ3) is 2.94. The molecule has 0 amide bonds. The first-order valence-corrected chi connectivity index (χ1v) is 8.37. The van der Waals surface area contributed by atoms with Crippen LogP contribution in [0.15, 0.2) is 0 Å². The van der Waals surface area contributed by atoms with Gasteiger partial charge in [0.2, 0.25) is 6.34 Å². The molecule has 20 heavy (non-hydrogen) atoms. The third-order valence-corrected chi connectivity index (χ3v) is 6.08. The molecule has 0 aromatic carbocycles. The zero-order valence-corrected chi connectivity index (χ0v) is 12.2. The van der Waals surface area contributed by atoms with Crippen molar-refractivity contribution in [2.45, 2.75) is 54.9 Å². The van der Waals surface area contributed by atoms with Crippen LogP contribution < -0.4 is 26.0 Å². The van der Waals surface area contributed by atoms with Gasteiger partial charge in [0.15, 0.2) is 12.2 Å². The average Bonchev–Trinajstić information content (AvgIpc) is 2.94. The molecule has 0 aromatic rings. The number of thioether (sulfide) groups is 1. The van der Waals surface area contributed by atoms with Gasteiger partial charge in [0.05, 0.1) is 12.6 Å². The lowest BCUT2D eigenvalue weighted by Crippen LogP contribution is -2.84. The van der Waals surface area contributed by atoms with Crippen molar-refractivity contribution >= 4 is 24.1 Å². The van der Waals surface area contributed by atoms with Crippen molar-refractivity contribution in [1.82, 2.24) is 16.0 Å². The first-order chi connectivity index (χ1) is 9.75. The number of carboxylic acid groups (broad SMARTS) is 1. The van der Waals surface area contributed by atoms with Crippen LogP contribution in [0.1, 0.15) is 32.1 Å². The van der Waals surface area contributed by atoms with Crippen LogP contribution in [0.5, 0.6) is 0 Å². The van der Waals surface area contributed by atoms with Gasteiger partial charge in [-0.1, -0.05) is 19.3 Å². The van der Waals surface area contributed by atoms with Crippen molar-refractivity contribution in [3.8, 4) is 0 Å². The van der Waals surface area contributed by atoms with E-state index in [1.807, 2.05) is 6.34 Å². The molecule has 7 heteroatoms. The van der Waals surface area contributed by atoms with Crippen molar-refractivity contribution in [1.29, 1.82) is 0 Å². The highest BCUT2D eigenvalue weighted by molar-refractivity contribution is 8.01. The van der Waals surface area contributed by atoms with E-state index in [-0.39, 0.29) is 23.5 Å². The van der Waals surface area contributed by atoms with Crippen molar-refractivity contribution in [2.24, 2.45) is 5.92 Å². The van der Waals surface area contributed by atoms with Gasteiger partial charge in [0.1, 0.15) is 5.37 Å². The maximum Gasteiger partial charge on any atom is 0.231 e. The van der Waals surface area contributed by atoms with E-state index < -0.39 is 11.2 Å². The van der Waals surface area contributed by atoms with E-state index in [4.69, 9.17) is 0 Å². The number of nitrogens with one attached hydrogen (secondary N) is 4. The van der Waals surface area contributed by atoms with Crippen molar-refractivity contribution in [3.63, 3.8) is 0 Å². The van der Waals surface area contributed by atoms with Crippen LogP contribution in [-0.4, -0.2) is 41.8 Å². The molecule has 0 spiro atoms. The summed E-state index contributed by atoms with van der Waals surface area (Å²) in [6.45, 7) is 0.686. The third-order valence-electron chi connectivity index (χ3n) is 4.45. The van der Waals surface area contributed by atoms with Crippen LogP contribution in [0.3, 0.4) is 0 Å². The normalized spacial score (nSPS) is 35.3. The summed E-state index contributed by atoms with van der Waals surface area (Å²) in [6.07, 6.45) is 7.56. The van der Waals surface area contributed by atoms with Gasteiger partial charge >= 0.3 is 0 Å². The van der Waals surface area contributed by atoms with E-state index in [1.54, 1.807) is 0 Å². The Hall–Kier alpha value is -0.790. The van der Waals surface area contributed by atoms with Crippen molar-refractivity contribution < 1.29 is 14.9 Å². The Balaban J connectivity index is 1.64. The zero-order chi connectivity index (χ0) is 13.9. The maximum absolute atomic E-state index is 11.5. The second-order valence-electron chi connectivity index (χ2n) is 5.76. The number of hydrogen-bond donors (Lipinski definition) is 4. The fourth-order valence-electron chi connectivity index (χ4n) is 3.37. The van der Waals surface area contributed by atoms with Gasteiger partial charge < -0.3 is 9.90 Å². The minimum Gasteiger partial charge on any atom is -0.549 e. The highest BCUT2D eigenvalue weighted by Crippen LogP contribution is 2.35.